The van der Waals surface area contributed by atoms with Gasteiger partial charge >= 0.3 is 0 Å². The highest BCUT2D eigenvalue weighted by Crippen LogP contribution is 2.27. The molecule has 0 saturated heterocycles. The Labute approximate surface area is 167 Å². The van der Waals surface area contributed by atoms with E-state index in [1.807, 2.05) is 18.2 Å². The molecule has 1 aromatic heterocycles. The summed E-state index contributed by atoms with van der Waals surface area (Å²) in [7, 11) is 3.20. The van der Waals surface area contributed by atoms with Gasteiger partial charge in [-0.05, 0) is 54.4 Å². The maximum absolute atomic E-state index is 13.2. The Morgan fingerprint density at radius 1 is 1.00 bits per heavy atom. The highest BCUT2D eigenvalue weighted by atomic mass is 19.1. The van der Waals surface area contributed by atoms with Crippen molar-refractivity contribution in [2.45, 2.75) is 6.42 Å². The van der Waals surface area contributed by atoms with Crippen LogP contribution in [0.2, 0.25) is 0 Å². The van der Waals surface area contributed by atoms with E-state index in [-0.39, 0.29) is 5.69 Å². The maximum Gasteiger partial charge on any atom is 0.276 e. The van der Waals surface area contributed by atoms with Gasteiger partial charge in [0.1, 0.15) is 11.6 Å². The van der Waals surface area contributed by atoms with E-state index < -0.39 is 11.7 Å². The number of carbonyl (C=O) groups excluding carboxylic acids is 1. The van der Waals surface area contributed by atoms with Gasteiger partial charge in [-0.15, -0.1) is 10.2 Å². The second-order valence-corrected chi connectivity index (χ2v) is 6.13. The number of anilines is 2. The highest BCUT2D eigenvalue weighted by molar-refractivity contribution is 6.02. The first-order chi connectivity index (χ1) is 14.1. The molecular formula is C21H21FN4O3. The molecule has 3 aromatic rings. The minimum Gasteiger partial charge on any atom is -0.493 e. The average molecular weight is 396 g/mol. The molecule has 0 aliphatic carbocycles. The Kier molecular flexibility index (Phi) is 6.57. The Bertz CT molecular complexity index is 980. The van der Waals surface area contributed by atoms with E-state index in [9.17, 15) is 9.18 Å². The first kappa shape index (κ1) is 20.1. The van der Waals surface area contributed by atoms with Crippen molar-refractivity contribution in [2.24, 2.45) is 0 Å². The number of aromatic nitrogens is 2. The minimum atomic E-state index is -0.458. The van der Waals surface area contributed by atoms with Gasteiger partial charge in [-0.25, -0.2) is 4.39 Å². The molecular weight excluding hydrogens is 375 g/mol. The van der Waals surface area contributed by atoms with Crippen molar-refractivity contribution in [3.63, 3.8) is 0 Å². The Morgan fingerprint density at radius 3 is 2.52 bits per heavy atom. The normalized spacial score (nSPS) is 10.3. The predicted molar refractivity (Wildman–Crippen MR) is 108 cm³/mol. The topological polar surface area (TPSA) is 85.4 Å². The molecule has 0 aliphatic rings. The van der Waals surface area contributed by atoms with Gasteiger partial charge in [-0.3, -0.25) is 4.79 Å². The summed E-state index contributed by atoms with van der Waals surface area (Å²) < 4.78 is 23.7. The smallest absolute Gasteiger partial charge is 0.276 e. The number of rotatable bonds is 8. The van der Waals surface area contributed by atoms with Crippen LogP contribution >= 0.6 is 0 Å². The maximum atomic E-state index is 13.2. The molecule has 150 valence electrons. The van der Waals surface area contributed by atoms with E-state index in [1.165, 1.54) is 18.2 Å². The summed E-state index contributed by atoms with van der Waals surface area (Å²) in [4.78, 5) is 12.2. The van der Waals surface area contributed by atoms with E-state index in [0.29, 0.717) is 29.5 Å². The highest BCUT2D eigenvalue weighted by Gasteiger charge is 2.09. The first-order valence-electron chi connectivity index (χ1n) is 8.94. The molecule has 1 amide bonds. The van der Waals surface area contributed by atoms with Crippen LogP contribution in [0.5, 0.6) is 11.5 Å². The molecule has 0 saturated carbocycles. The summed E-state index contributed by atoms with van der Waals surface area (Å²) in [6.07, 6.45) is 0.740. The molecule has 3 rings (SSSR count). The van der Waals surface area contributed by atoms with Crippen molar-refractivity contribution in [2.75, 3.05) is 31.4 Å². The van der Waals surface area contributed by atoms with Crippen LogP contribution in [0.15, 0.2) is 54.6 Å². The first-order valence-corrected chi connectivity index (χ1v) is 8.94. The number of amides is 1. The van der Waals surface area contributed by atoms with Gasteiger partial charge in [0, 0.05) is 12.2 Å². The molecule has 1 heterocycles. The van der Waals surface area contributed by atoms with E-state index in [0.717, 1.165) is 12.0 Å². The van der Waals surface area contributed by atoms with Gasteiger partial charge in [0.25, 0.3) is 5.91 Å². The van der Waals surface area contributed by atoms with Crippen molar-refractivity contribution in [1.29, 1.82) is 0 Å². The number of benzene rings is 2. The van der Waals surface area contributed by atoms with Crippen molar-refractivity contribution in [3.8, 4) is 11.5 Å². The van der Waals surface area contributed by atoms with Crippen LogP contribution in [0.3, 0.4) is 0 Å². The van der Waals surface area contributed by atoms with E-state index in [2.05, 4.69) is 20.8 Å². The number of nitrogens with zero attached hydrogens (tertiary/aromatic N) is 2. The predicted octanol–water partition coefficient (Wildman–Crippen LogP) is 3.54. The third-order valence-corrected chi connectivity index (χ3v) is 4.15. The molecule has 2 aromatic carbocycles. The largest absolute Gasteiger partial charge is 0.493 e. The second kappa shape index (κ2) is 9.50. The zero-order valence-corrected chi connectivity index (χ0v) is 16.1. The van der Waals surface area contributed by atoms with Crippen molar-refractivity contribution < 1.29 is 18.7 Å². The molecule has 0 radical (unpaired) electrons. The van der Waals surface area contributed by atoms with Crippen LogP contribution < -0.4 is 20.1 Å². The fraction of sp³-hybridized carbons (Fsp3) is 0.190. The number of hydrogen-bond acceptors (Lipinski definition) is 6. The van der Waals surface area contributed by atoms with Gasteiger partial charge in [0.05, 0.1) is 14.2 Å². The number of halogens is 1. The van der Waals surface area contributed by atoms with Crippen LogP contribution in [0.25, 0.3) is 0 Å². The zero-order valence-electron chi connectivity index (χ0n) is 16.1. The molecule has 0 spiro atoms. The Balaban J connectivity index is 1.53. The van der Waals surface area contributed by atoms with Gasteiger partial charge in [0.2, 0.25) is 0 Å². The Hall–Kier alpha value is -3.68. The fourth-order valence-corrected chi connectivity index (χ4v) is 2.68. The number of ether oxygens (including phenoxy) is 2. The number of carbonyl (C=O) groups is 1. The van der Waals surface area contributed by atoms with Crippen LogP contribution in [-0.2, 0) is 6.42 Å². The summed E-state index contributed by atoms with van der Waals surface area (Å²) in [6, 6.07) is 14.6. The molecule has 29 heavy (non-hydrogen) atoms. The van der Waals surface area contributed by atoms with Gasteiger partial charge in [0.15, 0.2) is 17.2 Å². The SMILES string of the molecule is COc1ccc(CCNc2ccc(C(=O)Nc3cccc(F)c3)nn2)cc1OC. The lowest BCUT2D eigenvalue weighted by Crippen LogP contribution is -2.15. The molecule has 0 fully saturated rings. The Morgan fingerprint density at radius 2 is 1.83 bits per heavy atom. The standard InChI is InChI=1S/C21H21FN4O3/c1-28-18-8-6-14(12-19(18)29-2)10-11-23-20-9-7-17(25-26-20)21(27)24-16-5-3-4-15(22)13-16/h3-9,12-13H,10-11H2,1-2H3,(H,23,26)(H,24,27). The molecule has 0 aliphatic heterocycles. The number of methoxy groups -OCH3 is 2. The second-order valence-electron chi connectivity index (χ2n) is 6.13. The van der Waals surface area contributed by atoms with E-state index in [1.54, 1.807) is 32.4 Å². The van der Waals surface area contributed by atoms with Gasteiger partial charge in [-0.2, -0.15) is 0 Å². The van der Waals surface area contributed by atoms with Gasteiger partial charge < -0.3 is 20.1 Å². The lowest BCUT2D eigenvalue weighted by molar-refractivity contribution is 0.102. The average Bonchev–Trinajstić information content (AvgIpc) is 2.74. The third kappa shape index (κ3) is 5.41. The molecule has 8 heteroatoms. The molecule has 0 bridgehead atoms. The molecule has 2 N–H and O–H groups in total. The van der Waals surface area contributed by atoms with Crippen LogP contribution in [0, 0.1) is 5.82 Å². The van der Waals surface area contributed by atoms with Gasteiger partial charge in [-0.1, -0.05) is 12.1 Å². The van der Waals surface area contributed by atoms with Crippen LogP contribution in [0.4, 0.5) is 15.9 Å². The summed E-state index contributed by atoms with van der Waals surface area (Å²) in [5.74, 6) is 1.02. The molecule has 0 unspecified atom stereocenters. The fourth-order valence-electron chi connectivity index (χ4n) is 2.68. The van der Waals surface area contributed by atoms with Crippen molar-refractivity contribution in [1.82, 2.24) is 10.2 Å². The zero-order chi connectivity index (χ0) is 20.6. The lowest BCUT2D eigenvalue weighted by Gasteiger charge is -2.10. The molecule has 0 atom stereocenters. The monoisotopic (exact) mass is 396 g/mol. The van der Waals surface area contributed by atoms with Crippen LogP contribution in [-0.4, -0.2) is 36.9 Å². The minimum absolute atomic E-state index is 0.139. The summed E-state index contributed by atoms with van der Waals surface area (Å²) in [5, 5.41) is 13.7. The number of hydrogen-bond donors (Lipinski definition) is 2. The summed E-state index contributed by atoms with van der Waals surface area (Å²) in [6.45, 7) is 0.624. The summed E-state index contributed by atoms with van der Waals surface area (Å²) >= 11 is 0. The lowest BCUT2D eigenvalue weighted by atomic mass is 10.1. The quantitative estimate of drug-likeness (QED) is 0.606. The van der Waals surface area contributed by atoms with Crippen molar-refractivity contribution in [3.05, 3.63) is 71.7 Å². The molecule has 7 nitrogen and oxygen atoms in total. The van der Waals surface area contributed by atoms with E-state index in [4.69, 9.17) is 9.47 Å². The summed E-state index contributed by atoms with van der Waals surface area (Å²) in [5.41, 5.74) is 1.57. The van der Waals surface area contributed by atoms with Crippen molar-refractivity contribution >= 4 is 17.4 Å². The third-order valence-electron chi connectivity index (χ3n) is 4.15. The van der Waals surface area contributed by atoms with E-state index >= 15 is 0 Å². The van der Waals surface area contributed by atoms with Crippen LogP contribution in [0.1, 0.15) is 16.1 Å². The number of nitrogens with one attached hydrogen (secondary N) is 2.